The number of aromatic hydroxyl groups is 3. The van der Waals surface area contributed by atoms with Crippen LogP contribution in [0.3, 0.4) is 0 Å². The Kier molecular flexibility index (Phi) is 5.67. The lowest BCUT2D eigenvalue weighted by atomic mass is 9.99. The van der Waals surface area contributed by atoms with Crippen LogP contribution in [0.5, 0.6) is 23.2 Å². The first-order valence-corrected chi connectivity index (χ1v) is 9.50. The lowest BCUT2D eigenvalue weighted by molar-refractivity contribution is -0.285. The van der Waals surface area contributed by atoms with Gasteiger partial charge in [0.25, 0.3) is 5.95 Å². The lowest BCUT2D eigenvalue weighted by Crippen LogP contribution is -2.58. The van der Waals surface area contributed by atoms with Gasteiger partial charge in [-0.15, -0.1) is 0 Å². The van der Waals surface area contributed by atoms with Gasteiger partial charge in [0.2, 0.25) is 5.43 Å². The molecule has 11 nitrogen and oxygen atoms in total. The minimum atomic E-state index is -1.78. The molecule has 170 valence electrons. The summed E-state index contributed by atoms with van der Waals surface area (Å²) in [7, 11) is 0. The van der Waals surface area contributed by atoms with Crippen LogP contribution in [0.4, 0.5) is 0 Å². The summed E-state index contributed by atoms with van der Waals surface area (Å²) in [5, 5.41) is 68.5. The molecule has 2 aromatic carbocycles. The molecule has 4 rings (SSSR count). The molecular formula is C21H20O11. The van der Waals surface area contributed by atoms with Crippen LogP contribution < -0.4 is 10.2 Å². The molecule has 32 heavy (non-hydrogen) atoms. The van der Waals surface area contributed by atoms with Gasteiger partial charge in [0.15, 0.2) is 17.6 Å². The number of rotatable bonds is 4. The largest absolute Gasteiger partial charge is 0.508 e. The SMILES string of the molecule is O=c1c(-c2ccc(O)cc2)c(OC[C@H]2O[C@@H](O)[C@H](O)[C@@H](O)[C@@H]2O)oc2c(O)cc(O)cc12. The van der Waals surface area contributed by atoms with Gasteiger partial charge in [-0.3, -0.25) is 4.79 Å². The summed E-state index contributed by atoms with van der Waals surface area (Å²) in [4.78, 5) is 13.2. The summed E-state index contributed by atoms with van der Waals surface area (Å²) < 4.78 is 16.2. The van der Waals surface area contributed by atoms with E-state index in [1.54, 1.807) is 0 Å². The molecule has 0 aliphatic carbocycles. The van der Waals surface area contributed by atoms with Crippen LogP contribution >= 0.6 is 0 Å². The number of ether oxygens (including phenoxy) is 2. The molecule has 0 radical (unpaired) electrons. The number of aliphatic hydroxyl groups excluding tert-OH is 4. The predicted octanol–water partition coefficient (Wildman–Crippen LogP) is -0.245. The smallest absolute Gasteiger partial charge is 0.297 e. The third-order valence-corrected chi connectivity index (χ3v) is 5.15. The molecule has 0 amide bonds. The van der Waals surface area contributed by atoms with Gasteiger partial charge in [-0.2, -0.15) is 0 Å². The Bertz CT molecular complexity index is 1190. The molecule has 0 bridgehead atoms. The number of aliphatic hydroxyl groups is 4. The first-order valence-electron chi connectivity index (χ1n) is 9.50. The van der Waals surface area contributed by atoms with Crippen LogP contribution in [-0.2, 0) is 4.74 Å². The van der Waals surface area contributed by atoms with Crippen LogP contribution in [0.15, 0.2) is 45.6 Å². The highest BCUT2D eigenvalue weighted by Gasteiger charge is 2.43. The highest BCUT2D eigenvalue weighted by molar-refractivity contribution is 5.88. The molecule has 0 saturated carbocycles. The molecule has 0 unspecified atom stereocenters. The van der Waals surface area contributed by atoms with Gasteiger partial charge in [0.05, 0.1) is 5.39 Å². The summed E-state index contributed by atoms with van der Waals surface area (Å²) in [6, 6.07) is 7.56. The van der Waals surface area contributed by atoms with Crippen molar-refractivity contribution in [1.29, 1.82) is 0 Å². The fraction of sp³-hybridized carbons (Fsp3) is 0.286. The van der Waals surface area contributed by atoms with E-state index in [0.717, 1.165) is 12.1 Å². The van der Waals surface area contributed by atoms with Gasteiger partial charge in [0.1, 0.15) is 48.1 Å². The molecule has 1 aromatic heterocycles. The van der Waals surface area contributed by atoms with Crippen LogP contribution in [0.2, 0.25) is 0 Å². The Hall–Kier alpha value is -3.35. The van der Waals surface area contributed by atoms with E-state index in [4.69, 9.17) is 13.9 Å². The van der Waals surface area contributed by atoms with E-state index in [2.05, 4.69) is 0 Å². The monoisotopic (exact) mass is 448 g/mol. The highest BCUT2D eigenvalue weighted by Crippen LogP contribution is 2.36. The molecule has 1 fully saturated rings. The minimum Gasteiger partial charge on any atom is -0.508 e. The van der Waals surface area contributed by atoms with Crippen LogP contribution in [0, 0.1) is 0 Å². The quantitative estimate of drug-likeness (QED) is 0.279. The van der Waals surface area contributed by atoms with Crippen molar-refractivity contribution in [2.45, 2.75) is 30.7 Å². The Morgan fingerprint density at radius 3 is 2.25 bits per heavy atom. The van der Waals surface area contributed by atoms with Crippen LogP contribution in [0.1, 0.15) is 0 Å². The second-order valence-corrected chi connectivity index (χ2v) is 7.33. The minimum absolute atomic E-state index is 0.0584. The normalized spacial score (nSPS) is 25.7. The van der Waals surface area contributed by atoms with E-state index in [1.165, 1.54) is 24.3 Å². The highest BCUT2D eigenvalue weighted by atomic mass is 16.7. The van der Waals surface area contributed by atoms with Gasteiger partial charge >= 0.3 is 0 Å². The Morgan fingerprint density at radius 2 is 1.56 bits per heavy atom. The standard InChI is InChI=1S/C21H20O11/c22-9-3-1-8(2-4-9)14-15(25)11-5-10(23)6-12(24)19(11)32-21(14)30-7-13-16(26)17(27)18(28)20(29)31-13/h1-6,13,16-18,20,22-24,26-29H,7H2/t13-,16-,17+,18-,20-/m1/s1. The van der Waals surface area contributed by atoms with E-state index in [0.29, 0.717) is 0 Å². The predicted molar refractivity (Wildman–Crippen MR) is 107 cm³/mol. The topological polar surface area (TPSA) is 190 Å². The molecule has 1 aliphatic rings. The molecular weight excluding hydrogens is 428 g/mol. The van der Waals surface area contributed by atoms with Gasteiger partial charge in [-0.1, -0.05) is 12.1 Å². The van der Waals surface area contributed by atoms with Crippen molar-refractivity contribution in [3.05, 3.63) is 46.6 Å². The fourth-order valence-electron chi connectivity index (χ4n) is 3.45. The van der Waals surface area contributed by atoms with Crippen molar-refractivity contribution in [3.63, 3.8) is 0 Å². The maximum Gasteiger partial charge on any atom is 0.297 e. The summed E-state index contributed by atoms with van der Waals surface area (Å²) >= 11 is 0. The number of hydrogen-bond donors (Lipinski definition) is 7. The van der Waals surface area contributed by atoms with Crippen molar-refractivity contribution in [1.82, 2.24) is 0 Å². The molecule has 3 aromatic rings. The number of phenols is 3. The second-order valence-electron chi connectivity index (χ2n) is 7.33. The number of phenolic OH excluding ortho intramolecular Hbond substituents is 3. The van der Waals surface area contributed by atoms with E-state index < -0.39 is 48.5 Å². The molecule has 5 atom stereocenters. The van der Waals surface area contributed by atoms with Gasteiger partial charge < -0.3 is 49.6 Å². The third kappa shape index (κ3) is 3.83. The summed E-state index contributed by atoms with van der Waals surface area (Å²) in [5.41, 5.74) is -0.782. The molecule has 7 N–H and O–H groups in total. The van der Waals surface area contributed by atoms with Gasteiger partial charge in [0, 0.05) is 6.07 Å². The van der Waals surface area contributed by atoms with E-state index in [1.807, 2.05) is 0 Å². The van der Waals surface area contributed by atoms with E-state index in [9.17, 15) is 40.5 Å². The van der Waals surface area contributed by atoms with Gasteiger partial charge in [-0.25, -0.2) is 0 Å². The van der Waals surface area contributed by atoms with E-state index >= 15 is 0 Å². The Labute approximate surface area is 179 Å². The maximum atomic E-state index is 13.2. The maximum absolute atomic E-state index is 13.2. The third-order valence-electron chi connectivity index (χ3n) is 5.15. The zero-order valence-electron chi connectivity index (χ0n) is 16.3. The molecule has 1 saturated heterocycles. The average Bonchev–Trinajstić information content (AvgIpc) is 2.75. The number of benzene rings is 2. The summed E-state index contributed by atoms with van der Waals surface area (Å²) in [6.45, 7) is -0.514. The first kappa shape index (κ1) is 21.9. The van der Waals surface area contributed by atoms with Gasteiger partial charge in [-0.05, 0) is 23.8 Å². The average molecular weight is 448 g/mol. The Balaban J connectivity index is 1.78. The fourth-order valence-corrected chi connectivity index (χ4v) is 3.45. The zero-order chi connectivity index (χ0) is 23.2. The number of fused-ring (bicyclic) bond motifs is 1. The van der Waals surface area contributed by atoms with Crippen molar-refractivity contribution >= 4 is 11.0 Å². The van der Waals surface area contributed by atoms with Crippen molar-refractivity contribution in [2.24, 2.45) is 0 Å². The van der Waals surface area contributed by atoms with Crippen molar-refractivity contribution < 1.29 is 49.6 Å². The second kappa shape index (κ2) is 8.30. The zero-order valence-corrected chi connectivity index (χ0v) is 16.3. The summed E-state index contributed by atoms with van der Waals surface area (Å²) in [5.74, 6) is -1.34. The van der Waals surface area contributed by atoms with Crippen LogP contribution in [0.25, 0.3) is 22.1 Å². The summed E-state index contributed by atoms with van der Waals surface area (Å²) in [6.07, 6.45) is -8.14. The van der Waals surface area contributed by atoms with Crippen molar-refractivity contribution in [3.8, 4) is 34.3 Å². The van der Waals surface area contributed by atoms with Crippen molar-refractivity contribution in [2.75, 3.05) is 6.61 Å². The van der Waals surface area contributed by atoms with Crippen LogP contribution in [-0.4, -0.2) is 73.1 Å². The lowest BCUT2D eigenvalue weighted by Gasteiger charge is -2.37. The molecule has 2 heterocycles. The molecule has 11 heteroatoms. The van der Waals surface area contributed by atoms with E-state index in [-0.39, 0.29) is 39.5 Å². The molecule has 1 aliphatic heterocycles. The first-order chi connectivity index (χ1) is 15.2. The number of hydrogen-bond acceptors (Lipinski definition) is 11. The Morgan fingerprint density at radius 1 is 0.875 bits per heavy atom. The molecule has 0 spiro atoms.